The van der Waals surface area contributed by atoms with Gasteiger partial charge in [0.1, 0.15) is 0 Å². The molecule has 0 aromatic carbocycles. The van der Waals surface area contributed by atoms with Crippen LogP contribution >= 0.6 is 0 Å². The molecule has 0 spiro atoms. The zero-order valence-electron chi connectivity index (χ0n) is 9.58. The molecule has 1 unspecified atom stereocenters. The molecule has 1 fully saturated rings. The molecule has 88 valence electrons. The highest BCUT2D eigenvalue weighted by Crippen LogP contribution is 1.97. The van der Waals surface area contributed by atoms with Crippen molar-refractivity contribution in [2.24, 2.45) is 5.92 Å². The molecule has 0 aromatic heterocycles. The van der Waals surface area contributed by atoms with Crippen LogP contribution in [0.3, 0.4) is 0 Å². The molecule has 0 bridgehead atoms. The van der Waals surface area contributed by atoms with Gasteiger partial charge < -0.3 is 10.1 Å². The Balaban J connectivity index is 2.20. The van der Waals surface area contributed by atoms with Crippen LogP contribution in [-0.2, 0) is 9.53 Å². The first-order valence-corrected chi connectivity index (χ1v) is 5.58. The van der Waals surface area contributed by atoms with E-state index in [0.29, 0.717) is 13.2 Å². The van der Waals surface area contributed by atoms with Gasteiger partial charge in [0.15, 0.2) is 0 Å². The van der Waals surface area contributed by atoms with E-state index < -0.39 is 0 Å². The predicted octanol–water partition coefficient (Wildman–Crippen LogP) is -0.405. The summed E-state index contributed by atoms with van der Waals surface area (Å²) in [5, 5.41) is 5.09. The minimum atomic E-state index is 0.00722. The Kier molecular flexibility index (Phi) is 5.60. The molecule has 1 atom stereocenters. The van der Waals surface area contributed by atoms with Gasteiger partial charge in [0.2, 0.25) is 5.91 Å². The molecule has 15 heavy (non-hydrogen) atoms. The minimum Gasteiger partial charge on any atom is -0.379 e. The maximum absolute atomic E-state index is 11.7. The van der Waals surface area contributed by atoms with Crippen LogP contribution in [0.2, 0.25) is 0 Å². The monoisotopic (exact) mass is 215 g/mol. The van der Waals surface area contributed by atoms with Crippen molar-refractivity contribution in [3.63, 3.8) is 0 Å². The Labute approximate surface area is 91.1 Å². The van der Waals surface area contributed by atoms with E-state index >= 15 is 0 Å². The second-order valence-electron chi connectivity index (χ2n) is 3.78. The summed E-state index contributed by atoms with van der Waals surface area (Å²) in [5.41, 5.74) is 2.90. The van der Waals surface area contributed by atoms with E-state index in [1.54, 1.807) is 0 Å². The first kappa shape index (κ1) is 12.4. The summed E-state index contributed by atoms with van der Waals surface area (Å²) in [6.45, 7) is 8.54. The van der Waals surface area contributed by atoms with E-state index in [0.717, 1.165) is 26.2 Å². The summed E-state index contributed by atoms with van der Waals surface area (Å²) in [6, 6.07) is 0. The van der Waals surface area contributed by atoms with E-state index in [9.17, 15) is 4.79 Å². The Morgan fingerprint density at radius 2 is 2.13 bits per heavy atom. The molecule has 1 amide bonds. The van der Waals surface area contributed by atoms with Gasteiger partial charge in [0.05, 0.1) is 13.2 Å². The minimum absolute atomic E-state index is 0.00722. The van der Waals surface area contributed by atoms with Crippen molar-refractivity contribution in [1.82, 2.24) is 15.8 Å². The number of amides is 1. The molecule has 5 heteroatoms. The van der Waals surface area contributed by atoms with E-state index in [1.165, 1.54) is 0 Å². The van der Waals surface area contributed by atoms with Crippen molar-refractivity contribution >= 4 is 5.91 Å². The van der Waals surface area contributed by atoms with Gasteiger partial charge in [-0.1, -0.05) is 13.8 Å². The highest BCUT2D eigenvalue weighted by Gasteiger charge is 2.17. The van der Waals surface area contributed by atoms with Crippen LogP contribution in [0, 0.1) is 5.92 Å². The fraction of sp³-hybridized carbons (Fsp3) is 0.900. The molecule has 1 saturated heterocycles. The summed E-state index contributed by atoms with van der Waals surface area (Å²) in [5.74, 6) is 0.0886. The van der Waals surface area contributed by atoms with Gasteiger partial charge in [-0.25, -0.2) is 5.01 Å². The number of nitrogens with zero attached hydrogens (tertiary/aromatic N) is 1. The number of ether oxygens (including phenoxy) is 1. The molecular formula is C10H21N3O2. The third-order valence-corrected chi connectivity index (χ3v) is 2.43. The van der Waals surface area contributed by atoms with E-state index in [-0.39, 0.29) is 11.8 Å². The number of morpholine rings is 1. The van der Waals surface area contributed by atoms with Gasteiger partial charge in [-0.3, -0.25) is 10.2 Å². The lowest BCUT2D eigenvalue weighted by Crippen LogP contribution is -2.50. The number of hydrogen-bond acceptors (Lipinski definition) is 4. The lowest BCUT2D eigenvalue weighted by atomic mass is 10.2. The molecule has 5 nitrogen and oxygen atoms in total. The molecule has 1 heterocycles. The molecule has 1 aliphatic heterocycles. The first-order chi connectivity index (χ1) is 7.24. The predicted molar refractivity (Wildman–Crippen MR) is 58.2 cm³/mol. The molecule has 0 radical (unpaired) electrons. The highest BCUT2D eigenvalue weighted by molar-refractivity contribution is 5.77. The quantitative estimate of drug-likeness (QED) is 0.655. The van der Waals surface area contributed by atoms with Crippen molar-refractivity contribution in [2.75, 3.05) is 39.4 Å². The molecule has 2 N–H and O–H groups in total. The Morgan fingerprint density at radius 3 is 2.73 bits per heavy atom. The van der Waals surface area contributed by atoms with Gasteiger partial charge in [-0.15, -0.1) is 0 Å². The van der Waals surface area contributed by atoms with Crippen molar-refractivity contribution in [1.29, 1.82) is 0 Å². The van der Waals surface area contributed by atoms with E-state index in [4.69, 9.17) is 4.74 Å². The van der Waals surface area contributed by atoms with Gasteiger partial charge in [0.25, 0.3) is 0 Å². The topological polar surface area (TPSA) is 53.6 Å². The largest absolute Gasteiger partial charge is 0.379 e. The summed E-state index contributed by atoms with van der Waals surface area (Å²) < 4.78 is 5.20. The van der Waals surface area contributed by atoms with Crippen LogP contribution in [0.15, 0.2) is 0 Å². The fourth-order valence-electron chi connectivity index (χ4n) is 1.39. The lowest BCUT2D eigenvalue weighted by molar-refractivity contribution is -0.131. The van der Waals surface area contributed by atoms with Crippen LogP contribution in [0.1, 0.15) is 13.8 Å². The molecule has 0 aromatic rings. The van der Waals surface area contributed by atoms with Crippen LogP contribution in [-0.4, -0.2) is 50.3 Å². The standard InChI is InChI=1S/C10H21N3O2/c1-3-11-8-9(2)10(14)12-13-4-6-15-7-5-13/h9,11H,3-8H2,1-2H3,(H,12,14). The Hall–Kier alpha value is -0.650. The van der Waals surface area contributed by atoms with Gasteiger partial charge in [0, 0.05) is 25.6 Å². The van der Waals surface area contributed by atoms with Crippen molar-refractivity contribution < 1.29 is 9.53 Å². The first-order valence-electron chi connectivity index (χ1n) is 5.58. The third-order valence-electron chi connectivity index (χ3n) is 2.43. The number of carbonyl (C=O) groups is 1. The van der Waals surface area contributed by atoms with Gasteiger partial charge in [-0.2, -0.15) is 0 Å². The van der Waals surface area contributed by atoms with E-state index in [1.807, 2.05) is 18.9 Å². The lowest BCUT2D eigenvalue weighted by Gasteiger charge is -2.28. The smallest absolute Gasteiger partial charge is 0.238 e. The van der Waals surface area contributed by atoms with Gasteiger partial charge in [-0.05, 0) is 6.54 Å². The van der Waals surface area contributed by atoms with Gasteiger partial charge >= 0.3 is 0 Å². The Bertz CT molecular complexity index is 193. The second kappa shape index (κ2) is 6.76. The second-order valence-corrected chi connectivity index (χ2v) is 3.78. The maximum Gasteiger partial charge on any atom is 0.238 e. The average molecular weight is 215 g/mol. The summed E-state index contributed by atoms with van der Waals surface area (Å²) in [6.07, 6.45) is 0. The number of carbonyl (C=O) groups excluding carboxylic acids is 1. The van der Waals surface area contributed by atoms with Crippen molar-refractivity contribution in [2.45, 2.75) is 13.8 Å². The van der Waals surface area contributed by atoms with Crippen LogP contribution in [0.4, 0.5) is 0 Å². The summed E-state index contributed by atoms with van der Waals surface area (Å²) in [7, 11) is 0. The number of rotatable bonds is 5. The Morgan fingerprint density at radius 1 is 1.47 bits per heavy atom. The number of hydrazine groups is 1. The molecule has 1 aliphatic rings. The fourth-order valence-corrected chi connectivity index (χ4v) is 1.39. The normalized spacial score (nSPS) is 19.9. The van der Waals surface area contributed by atoms with Crippen LogP contribution < -0.4 is 10.7 Å². The summed E-state index contributed by atoms with van der Waals surface area (Å²) >= 11 is 0. The molecular weight excluding hydrogens is 194 g/mol. The number of hydrogen-bond donors (Lipinski definition) is 2. The number of nitrogens with one attached hydrogen (secondary N) is 2. The van der Waals surface area contributed by atoms with Crippen molar-refractivity contribution in [3.05, 3.63) is 0 Å². The maximum atomic E-state index is 11.7. The highest BCUT2D eigenvalue weighted by atomic mass is 16.5. The average Bonchev–Trinajstić information content (AvgIpc) is 2.27. The van der Waals surface area contributed by atoms with E-state index in [2.05, 4.69) is 10.7 Å². The van der Waals surface area contributed by atoms with Crippen LogP contribution in [0.25, 0.3) is 0 Å². The van der Waals surface area contributed by atoms with Crippen LogP contribution in [0.5, 0.6) is 0 Å². The SMILES string of the molecule is CCNCC(C)C(=O)NN1CCOCC1. The molecule has 0 saturated carbocycles. The molecule has 1 rings (SSSR count). The molecule has 0 aliphatic carbocycles. The van der Waals surface area contributed by atoms with Crippen molar-refractivity contribution in [3.8, 4) is 0 Å². The zero-order chi connectivity index (χ0) is 11.1. The third kappa shape index (κ3) is 4.59. The summed E-state index contributed by atoms with van der Waals surface area (Å²) in [4.78, 5) is 11.7. The zero-order valence-corrected chi connectivity index (χ0v) is 9.58.